The molecular formula is C16H23NO. The highest BCUT2D eigenvalue weighted by molar-refractivity contribution is 5.95. The first-order chi connectivity index (χ1) is 8.68. The quantitative estimate of drug-likeness (QED) is 0.740. The third-order valence-corrected chi connectivity index (χ3v) is 4.05. The number of hydrogen-bond acceptors (Lipinski definition) is 2. The Labute approximate surface area is 110 Å². The van der Waals surface area contributed by atoms with Gasteiger partial charge in [-0.25, -0.2) is 0 Å². The monoisotopic (exact) mass is 245 g/mol. The molecule has 0 N–H and O–H groups in total. The molecule has 0 spiro atoms. The third kappa shape index (κ3) is 3.20. The minimum absolute atomic E-state index is 0.273. The number of likely N-dealkylation sites (tertiary alicyclic amines) is 1. The van der Waals surface area contributed by atoms with Crippen LogP contribution in [0, 0.1) is 0 Å². The first kappa shape index (κ1) is 13.3. The standard InChI is InChI=1S/C16H23NO/c1-13-10-11-14(2)17(13)12-6-9-16(18)15-7-4-3-5-8-15/h3-5,7-8,13-14H,6,9-12H2,1-2H3. The van der Waals surface area contributed by atoms with E-state index in [2.05, 4.69) is 18.7 Å². The minimum Gasteiger partial charge on any atom is -0.298 e. The molecule has 0 aromatic heterocycles. The van der Waals surface area contributed by atoms with Crippen molar-refractivity contribution < 1.29 is 4.79 Å². The van der Waals surface area contributed by atoms with Crippen LogP contribution in [-0.2, 0) is 0 Å². The van der Waals surface area contributed by atoms with Crippen LogP contribution >= 0.6 is 0 Å². The van der Waals surface area contributed by atoms with Crippen molar-refractivity contribution in [1.82, 2.24) is 4.90 Å². The van der Waals surface area contributed by atoms with E-state index >= 15 is 0 Å². The number of Topliss-reactive ketones (excluding diaryl/α,β-unsaturated/α-hetero) is 1. The first-order valence-corrected chi connectivity index (χ1v) is 7.02. The van der Waals surface area contributed by atoms with Crippen LogP contribution in [0.15, 0.2) is 30.3 Å². The second kappa shape index (κ2) is 6.14. The van der Waals surface area contributed by atoms with Crippen molar-refractivity contribution in [3.63, 3.8) is 0 Å². The summed E-state index contributed by atoms with van der Waals surface area (Å²) >= 11 is 0. The molecule has 1 aliphatic rings. The molecule has 1 saturated heterocycles. The second-order valence-corrected chi connectivity index (χ2v) is 5.41. The Kier molecular flexibility index (Phi) is 4.54. The summed E-state index contributed by atoms with van der Waals surface area (Å²) in [6.07, 6.45) is 4.24. The van der Waals surface area contributed by atoms with Gasteiger partial charge in [-0.15, -0.1) is 0 Å². The van der Waals surface area contributed by atoms with Gasteiger partial charge in [-0.1, -0.05) is 30.3 Å². The molecule has 0 amide bonds. The predicted octanol–water partition coefficient (Wildman–Crippen LogP) is 3.52. The van der Waals surface area contributed by atoms with Gasteiger partial charge in [0, 0.05) is 24.1 Å². The number of rotatable bonds is 5. The molecule has 1 fully saturated rings. The van der Waals surface area contributed by atoms with Gasteiger partial charge in [0.2, 0.25) is 0 Å². The van der Waals surface area contributed by atoms with Crippen LogP contribution in [-0.4, -0.2) is 29.3 Å². The lowest BCUT2D eigenvalue weighted by Gasteiger charge is -2.25. The molecule has 0 saturated carbocycles. The Morgan fingerprint density at radius 3 is 2.39 bits per heavy atom. The van der Waals surface area contributed by atoms with Gasteiger partial charge < -0.3 is 0 Å². The molecule has 2 heteroatoms. The van der Waals surface area contributed by atoms with Crippen LogP contribution in [0.3, 0.4) is 0 Å². The summed E-state index contributed by atoms with van der Waals surface area (Å²) < 4.78 is 0. The average Bonchev–Trinajstić information content (AvgIpc) is 2.71. The van der Waals surface area contributed by atoms with E-state index in [-0.39, 0.29) is 5.78 Å². The summed E-state index contributed by atoms with van der Waals surface area (Å²) in [4.78, 5) is 14.5. The second-order valence-electron chi connectivity index (χ2n) is 5.41. The summed E-state index contributed by atoms with van der Waals surface area (Å²) in [6, 6.07) is 11.0. The van der Waals surface area contributed by atoms with Gasteiger partial charge in [0.25, 0.3) is 0 Å². The lowest BCUT2D eigenvalue weighted by Crippen LogP contribution is -2.33. The minimum atomic E-state index is 0.273. The van der Waals surface area contributed by atoms with E-state index in [9.17, 15) is 4.79 Å². The normalized spacial score (nSPS) is 24.3. The fourth-order valence-electron chi connectivity index (χ4n) is 2.88. The van der Waals surface area contributed by atoms with Crippen molar-refractivity contribution >= 4 is 5.78 Å². The van der Waals surface area contributed by atoms with Gasteiger partial charge in [-0.05, 0) is 39.7 Å². The molecule has 1 heterocycles. The van der Waals surface area contributed by atoms with E-state index in [1.165, 1.54) is 12.8 Å². The Morgan fingerprint density at radius 2 is 1.78 bits per heavy atom. The molecule has 1 aliphatic heterocycles. The Balaban J connectivity index is 1.77. The number of hydrogen-bond donors (Lipinski definition) is 0. The topological polar surface area (TPSA) is 20.3 Å². The van der Waals surface area contributed by atoms with Crippen molar-refractivity contribution in [3.05, 3.63) is 35.9 Å². The molecule has 2 atom stereocenters. The summed E-state index contributed by atoms with van der Waals surface area (Å²) in [5.74, 6) is 0.273. The summed E-state index contributed by atoms with van der Waals surface area (Å²) in [6.45, 7) is 5.64. The van der Waals surface area contributed by atoms with Crippen molar-refractivity contribution in [2.24, 2.45) is 0 Å². The third-order valence-electron chi connectivity index (χ3n) is 4.05. The molecule has 2 nitrogen and oxygen atoms in total. The number of carbonyl (C=O) groups is 1. The van der Waals surface area contributed by atoms with Crippen LogP contribution in [0.1, 0.15) is 49.9 Å². The van der Waals surface area contributed by atoms with E-state index < -0.39 is 0 Å². The lowest BCUT2D eigenvalue weighted by molar-refractivity contribution is 0.0970. The molecule has 2 rings (SSSR count). The number of benzene rings is 1. The van der Waals surface area contributed by atoms with Crippen LogP contribution in [0.25, 0.3) is 0 Å². The molecule has 0 bridgehead atoms. The molecular weight excluding hydrogens is 222 g/mol. The molecule has 98 valence electrons. The maximum Gasteiger partial charge on any atom is 0.162 e. The zero-order chi connectivity index (χ0) is 13.0. The van der Waals surface area contributed by atoms with Crippen molar-refractivity contribution in [2.75, 3.05) is 6.54 Å². The predicted molar refractivity (Wildman–Crippen MR) is 74.9 cm³/mol. The number of nitrogens with zero attached hydrogens (tertiary/aromatic N) is 1. The molecule has 18 heavy (non-hydrogen) atoms. The van der Waals surface area contributed by atoms with Gasteiger partial charge in [0.1, 0.15) is 0 Å². The molecule has 1 aromatic carbocycles. The Bertz CT molecular complexity index is 377. The summed E-state index contributed by atoms with van der Waals surface area (Å²) in [7, 11) is 0. The maximum absolute atomic E-state index is 12.0. The van der Waals surface area contributed by atoms with Gasteiger partial charge in [-0.2, -0.15) is 0 Å². The highest BCUT2D eigenvalue weighted by atomic mass is 16.1. The van der Waals surface area contributed by atoms with E-state index in [0.29, 0.717) is 18.5 Å². The molecule has 2 unspecified atom stereocenters. The van der Waals surface area contributed by atoms with Crippen molar-refractivity contribution in [2.45, 2.75) is 51.6 Å². The van der Waals surface area contributed by atoms with Crippen molar-refractivity contribution in [3.8, 4) is 0 Å². The largest absolute Gasteiger partial charge is 0.298 e. The highest BCUT2D eigenvalue weighted by Gasteiger charge is 2.26. The van der Waals surface area contributed by atoms with Crippen LogP contribution in [0.2, 0.25) is 0 Å². The highest BCUT2D eigenvalue weighted by Crippen LogP contribution is 2.23. The first-order valence-electron chi connectivity index (χ1n) is 7.02. The van der Waals surface area contributed by atoms with E-state index in [4.69, 9.17) is 0 Å². The Morgan fingerprint density at radius 1 is 1.17 bits per heavy atom. The zero-order valence-corrected chi connectivity index (χ0v) is 11.4. The van der Waals surface area contributed by atoms with Gasteiger partial charge in [-0.3, -0.25) is 9.69 Å². The molecule has 0 aliphatic carbocycles. The number of carbonyl (C=O) groups excluding carboxylic acids is 1. The van der Waals surface area contributed by atoms with Crippen LogP contribution in [0.5, 0.6) is 0 Å². The summed E-state index contributed by atoms with van der Waals surface area (Å²) in [5, 5.41) is 0. The molecule has 1 aromatic rings. The van der Waals surface area contributed by atoms with Gasteiger partial charge >= 0.3 is 0 Å². The van der Waals surface area contributed by atoms with Crippen molar-refractivity contribution in [1.29, 1.82) is 0 Å². The Hall–Kier alpha value is -1.15. The maximum atomic E-state index is 12.0. The van der Waals surface area contributed by atoms with Crippen LogP contribution in [0.4, 0.5) is 0 Å². The van der Waals surface area contributed by atoms with E-state index in [1.54, 1.807) is 0 Å². The smallest absolute Gasteiger partial charge is 0.162 e. The number of ketones is 1. The SMILES string of the molecule is CC1CCC(C)N1CCCC(=O)c1ccccc1. The average molecular weight is 245 g/mol. The summed E-state index contributed by atoms with van der Waals surface area (Å²) in [5.41, 5.74) is 0.847. The fraction of sp³-hybridized carbons (Fsp3) is 0.562. The lowest BCUT2D eigenvalue weighted by atomic mass is 10.1. The van der Waals surface area contributed by atoms with Crippen LogP contribution < -0.4 is 0 Å². The zero-order valence-electron chi connectivity index (χ0n) is 11.4. The van der Waals surface area contributed by atoms with E-state index in [0.717, 1.165) is 18.5 Å². The van der Waals surface area contributed by atoms with Gasteiger partial charge in [0.05, 0.1) is 0 Å². The molecule has 0 radical (unpaired) electrons. The van der Waals surface area contributed by atoms with E-state index in [1.807, 2.05) is 30.3 Å². The van der Waals surface area contributed by atoms with Gasteiger partial charge in [0.15, 0.2) is 5.78 Å². The fourth-order valence-corrected chi connectivity index (χ4v) is 2.88.